The maximum absolute atomic E-state index is 12.6. The van der Waals surface area contributed by atoms with E-state index in [4.69, 9.17) is 18.9 Å². The van der Waals surface area contributed by atoms with Crippen LogP contribution in [0.25, 0.3) is 0 Å². The number of carbonyl (C=O) groups is 3. The van der Waals surface area contributed by atoms with Gasteiger partial charge in [0.1, 0.15) is 25.9 Å². The Morgan fingerprint density at radius 1 is 0.935 bits per heavy atom. The predicted octanol–water partition coefficient (Wildman–Crippen LogP) is 4.58. The van der Waals surface area contributed by atoms with Crippen LogP contribution in [0.3, 0.4) is 0 Å². The van der Waals surface area contributed by atoms with Crippen molar-refractivity contribution < 1.29 is 33.3 Å². The van der Waals surface area contributed by atoms with Gasteiger partial charge in [-0.1, -0.05) is 0 Å². The fraction of sp³-hybridized carbons (Fsp3) is 0.571. The maximum atomic E-state index is 12.6. The van der Waals surface area contributed by atoms with E-state index in [1.54, 1.807) is 27.7 Å². The summed E-state index contributed by atoms with van der Waals surface area (Å²) in [6.45, 7) is 7.65. The van der Waals surface area contributed by atoms with Crippen molar-refractivity contribution in [1.29, 1.82) is 0 Å². The van der Waals surface area contributed by atoms with E-state index in [9.17, 15) is 14.4 Å². The first-order valence-corrected chi connectivity index (χ1v) is 12.8. The summed E-state index contributed by atoms with van der Waals surface area (Å²) in [6.07, 6.45) is 0.244. The molecule has 1 aliphatic heterocycles. The van der Waals surface area contributed by atoms with E-state index in [0.29, 0.717) is 12.2 Å². The Kier molecular flexibility index (Phi) is 9.83. The maximum Gasteiger partial charge on any atom is 0.340 e. The molecule has 0 bridgehead atoms. The van der Waals surface area contributed by atoms with Gasteiger partial charge in [-0.05, 0) is 114 Å². The molecule has 1 fully saturated rings. The number of epoxide rings is 1. The molecule has 0 spiro atoms. The van der Waals surface area contributed by atoms with Gasteiger partial charge < -0.3 is 18.9 Å². The number of hydrogen-bond acceptors (Lipinski definition) is 7. The van der Waals surface area contributed by atoms with E-state index in [1.807, 2.05) is 12.1 Å². The van der Waals surface area contributed by atoms with Gasteiger partial charge in [-0.25, -0.2) is 4.79 Å². The molecule has 7 nitrogen and oxygen atoms in total. The summed E-state index contributed by atoms with van der Waals surface area (Å²) in [4.78, 5) is 37.3. The van der Waals surface area contributed by atoms with E-state index in [2.05, 4.69) is 67.8 Å². The number of halogens is 3. The van der Waals surface area contributed by atoms with E-state index < -0.39 is 22.8 Å². The Hall–Kier alpha value is -0.220. The van der Waals surface area contributed by atoms with Crippen molar-refractivity contribution >= 4 is 85.7 Å². The SMILES string of the molecule is CC(C)(CC(C)(C)C(=O)OCC1CO1)C(=O)OCCOC(=O)c1c(I)cc(I)cc1I. The lowest BCUT2D eigenvalue weighted by molar-refractivity contribution is -0.162. The molecule has 1 aromatic rings. The Balaban J connectivity index is 1.81. The highest BCUT2D eigenvalue weighted by molar-refractivity contribution is 14.1. The average molecular weight is 770 g/mol. The molecule has 0 radical (unpaired) electrons. The molecule has 1 aliphatic rings. The molecule has 1 aromatic carbocycles. The Bertz CT molecular complexity index is 824. The number of carbonyl (C=O) groups excluding carboxylic acids is 3. The van der Waals surface area contributed by atoms with E-state index in [1.165, 1.54) is 0 Å². The van der Waals surface area contributed by atoms with Gasteiger partial charge in [0.15, 0.2) is 0 Å². The molecule has 1 heterocycles. The highest BCUT2D eigenvalue weighted by Crippen LogP contribution is 2.36. The second-order valence-corrected chi connectivity index (χ2v) is 12.1. The number of hydrogen-bond donors (Lipinski definition) is 0. The zero-order chi connectivity index (χ0) is 23.4. The zero-order valence-corrected chi connectivity index (χ0v) is 24.2. The van der Waals surface area contributed by atoms with Gasteiger partial charge in [0, 0.05) is 10.7 Å². The summed E-state index contributed by atoms with van der Waals surface area (Å²) >= 11 is 6.39. The number of esters is 3. The number of rotatable bonds is 10. The van der Waals surface area contributed by atoms with Crippen molar-refractivity contribution in [2.75, 3.05) is 26.4 Å². The smallest absolute Gasteiger partial charge is 0.340 e. The molecule has 10 heteroatoms. The lowest BCUT2D eigenvalue weighted by atomic mass is 9.75. The van der Waals surface area contributed by atoms with Gasteiger partial charge in [-0.2, -0.15) is 0 Å². The largest absolute Gasteiger partial charge is 0.462 e. The second kappa shape index (κ2) is 11.3. The van der Waals surface area contributed by atoms with Crippen molar-refractivity contribution in [3.63, 3.8) is 0 Å². The van der Waals surface area contributed by atoms with Crippen LogP contribution < -0.4 is 0 Å². The topological polar surface area (TPSA) is 91.4 Å². The molecule has 0 aromatic heterocycles. The van der Waals surface area contributed by atoms with Crippen molar-refractivity contribution in [2.24, 2.45) is 10.8 Å². The molecular weight excluding hydrogens is 745 g/mol. The van der Waals surface area contributed by atoms with Crippen LogP contribution in [0.5, 0.6) is 0 Å². The Labute approximate surface area is 223 Å². The summed E-state index contributed by atoms with van der Waals surface area (Å²) in [7, 11) is 0. The number of ether oxygens (including phenoxy) is 4. The minimum absolute atomic E-state index is 0.00786. The molecule has 0 saturated carbocycles. The highest BCUT2D eigenvalue weighted by atomic mass is 127. The van der Waals surface area contributed by atoms with Crippen molar-refractivity contribution in [3.8, 4) is 0 Å². The van der Waals surface area contributed by atoms with E-state index in [-0.39, 0.29) is 38.3 Å². The number of benzene rings is 1. The third kappa shape index (κ3) is 8.25. The normalized spacial score (nSPS) is 15.9. The quantitative estimate of drug-likeness (QED) is 0.113. The first kappa shape index (κ1) is 27.0. The molecule has 2 rings (SSSR count). The van der Waals surface area contributed by atoms with Crippen LogP contribution in [0, 0.1) is 21.5 Å². The third-order valence-corrected chi connectivity index (χ3v) is 6.88. The van der Waals surface area contributed by atoms with E-state index >= 15 is 0 Å². The van der Waals surface area contributed by atoms with Crippen LogP contribution in [-0.2, 0) is 28.5 Å². The minimum Gasteiger partial charge on any atom is -0.462 e. The third-order valence-electron chi connectivity index (χ3n) is 4.55. The molecular formula is C21H25I3O7. The standard InChI is InChI=1S/C21H25I3O7/c1-20(2,11-21(3,4)19(27)31-10-13-9-30-13)18(26)29-6-5-28-17(25)16-14(23)7-12(22)8-15(16)24/h7-8,13H,5-6,9-11H2,1-4H3. The van der Waals surface area contributed by atoms with Crippen LogP contribution in [0.15, 0.2) is 12.1 Å². The summed E-state index contributed by atoms with van der Waals surface area (Å²) in [5, 5.41) is 0. The van der Waals surface area contributed by atoms with Gasteiger partial charge in [-0.3, -0.25) is 9.59 Å². The Morgan fingerprint density at radius 2 is 1.42 bits per heavy atom. The summed E-state index contributed by atoms with van der Waals surface area (Å²) in [5.74, 6) is -1.29. The monoisotopic (exact) mass is 770 g/mol. The molecule has 0 aliphatic carbocycles. The van der Waals surface area contributed by atoms with Crippen molar-refractivity contribution in [1.82, 2.24) is 0 Å². The highest BCUT2D eigenvalue weighted by Gasteiger charge is 2.41. The lowest BCUT2D eigenvalue weighted by Gasteiger charge is -2.31. The molecule has 172 valence electrons. The summed E-state index contributed by atoms with van der Waals surface area (Å²) in [5.41, 5.74) is -1.27. The first-order chi connectivity index (χ1) is 14.3. The van der Waals surface area contributed by atoms with Crippen molar-refractivity contribution in [3.05, 3.63) is 28.4 Å². The molecule has 1 saturated heterocycles. The molecule has 0 N–H and O–H groups in total. The molecule has 0 amide bonds. The summed E-state index contributed by atoms with van der Waals surface area (Å²) in [6, 6.07) is 3.79. The van der Waals surface area contributed by atoms with Crippen LogP contribution in [-0.4, -0.2) is 50.4 Å². The Morgan fingerprint density at radius 3 is 1.94 bits per heavy atom. The summed E-state index contributed by atoms with van der Waals surface area (Å²) < 4.78 is 23.6. The zero-order valence-electron chi connectivity index (χ0n) is 17.8. The van der Waals surface area contributed by atoms with Gasteiger partial charge >= 0.3 is 17.9 Å². The minimum atomic E-state index is -0.913. The second-order valence-electron chi connectivity index (χ2n) is 8.51. The molecule has 1 unspecified atom stereocenters. The van der Waals surface area contributed by atoms with E-state index in [0.717, 1.165) is 10.7 Å². The van der Waals surface area contributed by atoms with Crippen LogP contribution in [0.1, 0.15) is 44.5 Å². The first-order valence-electron chi connectivity index (χ1n) is 9.61. The fourth-order valence-electron chi connectivity index (χ4n) is 3.05. The van der Waals surface area contributed by atoms with Gasteiger partial charge in [0.05, 0.1) is 23.0 Å². The van der Waals surface area contributed by atoms with Crippen LogP contribution >= 0.6 is 67.8 Å². The van der Waals surface area contributed by atoms with Gasteiger partial charge in [0.25, 0.3) is 0 Å². The molecule has 31 heavy (non-hydrogen) atoms. The van der Waals surface area contributed by atoms with Crippen molar-refractivity contribution in [2.45, 2.75) is 40.2 Å². The van der Waals surface area contributed by atoms with Crippen LogP contribution in [0.2, 0.25) is 0 Å². The lowest BCUT2D eigenvalue weighted by Crippen LogP contribution is -2.37. The van der Waals surface area contributed by atoms with Gasteiger partial charge in [-0.15, -0.1) is 0 Å². The van der Waals surface area contributed by atoms with Gasteiger partial charge in [0.2, 0.25) is 0 Å². The predicted molar refractivity (Wildman–Crippen MR) is 139 cm³/mol. The fourth-order valence-corrected chi connectivity index (χ4v) is 7.07. The average Bonchev–Trinajstić information content (AvgIpc) is 3.45. The molecule has 1 atom stereocenters. The van der Waals surface area contributed by atoms with Crippen LogP contribution in [0.4, 0.5) is 0 Å².